The molecule has 0 aliphatic rings. The molecule has 0 aliphatic carbocycles. The molecule has 1 aromatic carbocycles. The van der Waals surface area contributed by atoms with Gasteiger partial charge in [-0.15, -0.1) is 0 Å². The van der Waals surface area contributed by atoms with E-state index in [1.54, 1.807) is 0 Å². The van der Waals surface area contributed by atoms with Crippen molar-refractivity contribution < 1.29 is 24.1 Å². The summed E-state index contributed by atoms with van der Waals surface area (Å²) in [6, 6.07) is 3.36. The highest BCUT2D eigenvalue weighted by molar-refractivity contribution is 5.69. The highest BCUT2D eigenvalue weighted by Gasteiger charge is 2.18. The number of nitrogens with zero attached hydrogens (tertiary/aromatic N) is 2. The number of nitro groups is 2. The highest BCUT2D eigenvalue weighted by atomic mass is 16.6. The third-order valence-corrected chi connectivity index (χ3v) is 2.90. The molecule has 132 valence electrons. The fourth-order valence-corrected chi connectivity index (χ4v) is 1.78. The topological polar surface area (TPSA) is 134 Å². The molecule has 0 saturated carbocycles. The van der Waals surface area contributed by atoms with Crippen LogP contribution in [-0.2, 0) is 14.3 Å². The molecule has 0 heterocycles. The molecule has 0 atom stereocenters. The van der Waals surface area contributed by atoms with E-state index in [0.29, 0.717) is 6.42 Å². The molecular weight excluding hydrogens is 322 g/mol. The first-order chi connectivity index (χ1) is 11.5. The molecule has 0 spiro atoms. The smallest absolute Gasteiger partial charge is 0.305 e. The van der Waals surface area contributed by atoms with Gasteiger partial charge in [0, 0.05) is 19.0 Å². The Labute approximate surface area is 138 Å². The van der Waals surface area contributed by atoms with Gasteiger partial charge in [0.25, 0.3) is 11.4 Å². The molecule has 1 N–H and O–H groups in total. The van der Waals surface area contributed by atoms with Gasteiger partial charge in [-0.1, -0.05) is 6.92 Å². The predicted molar refractivity (Wildman–Crippen MR) is 84.9 cm³/mol. The summed E-state index contributed by atoms with van der Waals surface area (Å²) in [7, 11) is 0. The molecule has 10 nitrogen and oxygen atoms in total. The van der Waals surface area contributed by atoms with Crippen LogP contribution in [0.15, 0.2) is 18.2 Å². The number of esters is 1. The normalized spacial score (nSPS) is 10.2. The molecule has 0 saturated heterocycles. The molecule has 0 aromatic heterocycles. The average molecular weight is 341 g/mol. The third kappa shape index (κ3) is 6.57. The number of carbonyl (C=O) groups excluding carboxylic acids is 1. The molecule has 24 heavy (non-hydrogen) atoms. The predicted octanol–water partition coefficient (Wildman–Crippen LogP) is 2.27. The Morgan fingerprint density at radius 2 is 1.92 bits per heavy atom. The second-order valence-electron chi connectivity index (χ2n) is 4.73. The van der Waals surface area contributed by atoms with Crippen LogP contribution in [0.4, 0.5) is 17.1 Å². The lowest BCUT2D eigenvalue weighted by atomic mass is 10.2. The second-order valence-corrected chi connectivity index (χ2v) is 4.73. The van der Waals surface area contributed by atoms with Gasteiger partial charge in [-0.3, -0.25) is 25.0 Å². The maximum absolute atomic E-state index is 11.1. The number of rotatable bonds is 11. The van der Waals surface area contributed by atoms with E-state index in [0.717, 1.165) is 12.5 Å². The Balaban J connectivity index is 2.36. The minimum Gasteiger partial charge on any atom is -0.463 e. The van der Waals surface area contributed by atoms with Crippen LogP contribution in [0, 0.1) is 20.2 Å². The van der Waals surface area contributed by atoms with Crippen molar-refractivity contribution in [1.82, 2.24) is 0 Å². The van der Waals surface area contributed by atoms with Gasteiger partial charge in [0.2, 0.25) is 0 Å². The van der Waals surface area contributed by atoms with E-state index >= 15 is 0 Å². The maximum atomic E-state index is 11.1. The summed E-state index contributed by atoms with van der Waals surface area (Å²) in [4.78, 5) is 31.3. The zero-order valence-corrected chi connectivity index (χ0v) is 13.2. The Kier molecular flexibility index (Phi) is 8.13. The SMILES string of the molecule is CCCC(=O)OCCOCCNc1ccc([N+](=O)[O-])cc1[N+](=O)[O-]. The molecule has 0 bridgehead atoms. The molecule has 1 rings (SSSR count). The van der Waals surface area contributed by atoms with Gasteiger partial charge in [-0.2, -0.15) is 0 Å². The summed E-state index contributed by atoms with van der Waals surface area (Å²) in [5.74, 6) is -0.277. The van der Waals surface area contributed by atoms with Crippen LogP contribution < -0.4 is 5.32 Å². The van der Waals surface area contributed by atoms with Crippen LogP contribution in [0.1, 0.15) is 19.8 Å². The van der Waals surface area contributed by atoms with Crippen molar-refractivity contribution in [2.24, 2.45) is 0 Å². The van der Waals surface area contributed by atoms with Crippen LogP contribution in [0.5, 0.6) is 0 Å². The molecular formula is C14H19N3O7. The number of nitrogens with one attached hydrogen (secondary N) is 1. The lowest BCUT2D eigenvalue weighted by Crippen LogP contribution is -2.15. The summed E-state index contributed by atoms with van der Waals surface area (Å²) in [5.41, 5.74) is -0.557. The molecule has 10 heteroatoms. The van der Waals surface area contributed by atoms with E-state index in [1.807, 2.05) is 6.92 Å². The lowest BCUT2D eigenvalue weighted by molar-refractivity contribution is -0.393. The molecule has 0 aliphatic heterocycles. The Hall–Kier alpha value is -2.75. The zero-order valence-electron chi connectivity index (χ0n) is 13.2. The number of benzene rings is 1. The molecule has 0 amide bonds. The molecule has 0 fully saturated rings. The van der Waals surface area contributed by atoms with Gasteiger partial charge in [0.05, 0.1) is 29.1 Å². The van der Waals surface area contributed by atoms with E-state index < -0.39 is 9.85 Å². The first kappa shape index (κ1) is 19.3. The Bertz CT molecular complexity index is 592. The van der Waals surface area contributed by atoms with Crippen molar-refractivity contribution in [1.29, 1.82) is 0 Å². The summed E-state index contributed by atoms with van der Waals surface area (Å²) in [6.07, 6.45) is 1.09. The molecule has 0 unspecified atom stereocenters. The van der Waals surface area contributed by atoms with Crippen LogP contribution >= 0.6 is 0 Å². The summed E-state index contributed by atoms with van der Waals surface area (Å²) < 4.78 is 10.1. The third-order valence-electron chi connectivity index (χ3n) is 2.90. The first-order valence-electron chi connectivity index (χ1n) is 7.35. The average Bonchev–Trinajstić information content (AvgIpc) is 2.54. The van der Waals surface area contributed by atoms with Gasteiger partial charge >= 0.3 is 5.97 Å². The number of hydrogen-bond donors (Lipinski definition) is 1. The Morgan fingerprint density at radius 3 is 2.54 bits per heavy atom. The van der Waals surface area contributed by atoms with E-state index in [1.165, 1.54) is 12.1 Å². The fraction of sp³-hybridized carbons (Fsp3) is 0.500. The van der Waals surface area contributed by atoms with Crippen LogP contribution in [0.3, 0.4) is 0 Å². The minimum absolute atomic E-state index is 0.149. The van der Waals surface area contributed by atoms with Crippen molar-refractivity contribution >= 4 is 23.0 Å². The zero-order chi connectivity index (χ0) is 17.9. The van der Waals surface area contributed by atoms with Gasteiger partial charge in [0.1, 0.15) is 12.3 Å². The van der Waals surface area contributed by atoms with Crippen molar-refractivity contribution in [2.45, 2.75) is 19.8 Å². The Morgan fingerprint density at radius 1 is 1.17 bits per heavy atom. The second kappa shape index (κ2) is 10.1. The minimum atomic E-state index is -0.695. The van der Waals surface area contributed by atoms with Crippen molar-refractivity contribution in [3.63, 3.8) is 0 Å². The largest absolute Gasteiger partial charge is 0.463 e. The van der Waals surface area contributed by atoms with Gasteiger partial charge in [-0.25, -0.2) is 0 Å². The molecule has 1 aromatic rings. The lowest BCUT2D eigenvalue weighted by Gasteiger charge is -2.08. The monoisotopic (exact) mass is 341 g/mol. The number of non-ortho nitro benzene ring substituents is 1. The summed E-state index contributed by atoms with van der Waals surface area (Å²) in [6.45, 7) is 2.75. The van der Waals surface area contributed by atoms with Gasteiger partial charge in [0.15, 0.2) is 0 Å². The van der Waals surface area contributed by atoms with E-state index in [-0.39, 0.29) is 49.4 Å². The summed E-state index contributed by atoms with van der Waals surface area (Å²) in [5, 5.41) is 24.4. The first-order valence-corrected chi connectivity index (χ1v) is 7.35. The van der Waals surface area contributed by atoms with Gasteiger partial charge in [-0.05, 0) is 12.5 Å². The number of nitro benzene ring substituents is 2. The quantitative estimate of drug-likeness (QED) is 0.280. The van der Waals surface area contributed by atoms with Crippen molar-refractivity contribution in [2.75, 3.05) is 31.7 Å². The van der Waals surface area contributed by atoms with Crippen LogP contribution in [-0.4, -0.2) is 42.2 Å². The van der Waals surface area contributed by atoms with Gasteiger partial charge < -0.3 is 14.8 Å². The molecule has 0 radical (unpaired) electrons. The fourth-order valence-electron chi connectivity index (χ4n) is 1.78. The number of carbonyl (C=O) groups is 1. The van der Waals surface area contributed by atoms with E-state index in [2.05, 4.69) is 5.32 Å². The van der Waals surface area contributed by atoms with Crippen LogP contribution in [0.25, 0.3) is 0 Å². The number of hydrogen-bond acceptors (Lipinski definition) is 8. The maximum Gasteiger partial charge on any atom is 0.305 e. The summed E-state index contributed by atoms with van der Waals surface area (Å²) >= 11 is 0. The number of ether oxygens (including phenoxy) is 2. The van der Waals surface area contributed by atoms with Crippen molar-refractivity contribution in [3.8, 4) is 0 Å². The van der Waals surface area contributed by atoms with Crippen LogP contribution in [0.2, 0.25) is 0 Å². The standard InChI is InChI=1S/C14H19N3O7/c1-2-3-14(18)24-9-8-23-7-6-15-12-5-4-11(16(19)20)10-13(12)17(21)22/h4-5,10,15H,2-3,6-9H2,1H3. The highest BCUT2D eigenvalue weighted by Crippen LogP contribution is 2.28. The number of anilines is 1. The van der Waals surface area contributed by atoms with E-state index in [9.17, 15) is 25.0 Å². The van der Waals surface area contributed by atoms with E-state index in [4.69, 9.17) is 9.47 Å². The van der Waals surface area contributed by atoms with Crippen molar-refractivity contribution in [3.05, 3.63) is 38.4 Å².